The number of ether oxygens (including phenoxy) is 2. The maximum Gasteiger partial charge on any atom is 0.231 e. The highest BCUT2D eigenvalue weighted by Gasteiger charge is 2.14. The van der Waals surface area contributed by atoms with Gasteiger partial charge in [0.15, 0.2) is 17.5 Å². The van der Waals surface area contributed by atoms with Crippen molar-refractivity contribution in [2.45, 2.75) is 25.8 Å². The molecule has 1 fully saturated rings. The number of aliphatic imine (C=N–C) groups is 1. The van der Waals surface area contributed by atoms with Crippen molar-refractivity contribution in [3.05, 3.63) is 47.7 Å². The Hall–Kier alpha value is -2.96. The van der Waals surface area contributed by atoms with Crippen LogP contribution in [0.4, 0.5) is 5.82 Å². The molecule has 0 atom stereocenters. The van der Waals surface area contributed by atoms with Crippen molar-refractivity contribution < 1.29 is 9.47 Å². The van der Waals surface area contributed by atoms with Crippen LogP contribution in [0.1, 0.15) is 24.0 Å². The number of guanidine groups is 1. The van der Waals surface area contributed by atoms with Gasteiger partial charge in [0.2, 0.25) is 6.79 Å². The van der Waals surface area contributed by atoms with Crippen LogP contribution in [0.25, 0.3) is 0 Å². The molecule has 7 heteroatoms. The molecule has 0 radical (unpaired) electrons. The number of aromatic nitrogens is 1. The minimum Gasteiger partial charge on any atom is -0.454 e. The Morgan fingerprint density at radius 3 is 2.79 bits per heavy atom. The Labute approximate surface area is 165 Å². The molecule has 0 aliphatic carbocycles. The average molecular weight is 381 g/mol. The van der Waals surface area contributed by atoms with Gasteiger partial charge in [0.05, 0.1) is 0 Å². The van der Waals surface area contributed by atoms with E-state index < -0.39 is 0 Å². The third-order valence-electron chi connectivity index (χ3n) is 5.07. The van der Waals surface area contributed by atoms with Crippen molar-refractivity contribution >= 4 is 11.8 Å². The van der Waals surface area contributed by atoms with Crippen LogP contribution in [0.2, 0.25) is 0 Å². The molecule has 3 heterocycles. The second kappa shape index (κ2) is 8.82. The molecule has 2 aliphatic rings. The lowest BCUT2D eigenvalue weighted by molar-refractivity contribution is 0.174. The van der Waals surface area contributed by atoms with Gasteiger partial charge < -0.3 is 25.0 Å². The van der Waals surface area contributed by atoms with Gasteiger partial charge in [-0.15, -0.1) is 0 Å². The Bertz CT molecular complexity index is 833. The standard InChI is InChI=1S/C21H27N5O2/c1-22-21(24-9-6-16-4-5-18-19(12-16)28-15-27-18)25-14-17-7-8-23-20(13-17)26-10-2-3-11-26/h4-5,7-8,12-13H,2-3,6,9-11,14-15H2,1H3,(H2,22,24,25). The highest BCUT2D eigenvalue weighted by molar-refractivity contribution is 5.79. The van der Waals surface area contributed by atoms with E-state index in [1.165, 1.54) is 24.0 Å². The van der Waals surface area contributed by atoms with Crippen molar-refractivity contribution in [1.82, 2.24) is 15.6 Å². The molecule has 0 unspecified atom stereocenters. The predicted octanol–water partition coefficient (Wildman–Crippen LogP) is 2.32. The number of pyridine rings is 1. The van der Waals surface area contributed by atoms with E-state index in [-0.39, 0.29) is 0 Å². The van der Waals surface area contributed by atoms with Gasteiger partial charge in [0, 0.05) is 39.4 Å². The van der Waals surface area contributed by atoms with Gasteiger partial charge in [-0.1, -0.05) is 6.07 Å². The number of nitrogens with one attached hydrogen (secondary N) is 2. The van der Waals surface area contributed by atoms with Crippen molar-refractivity contribution in [3.8, 4) is 11.5 Å². The summed E-state index contributed by atoms with van der Waals surface area (Å²) in [4.78, 5) is 11.2. The maximum atomic E-state index is 5.43. The average Bonchev–Trinajstić information content (AvgIpc) is 3.42. The van der Waals surface area contributed by atoms with Crippen LogP contribution < -0.4 is 25.0 Å². The zero-order valence-electron chi connectivity index (χ0n) is 16.3. The number of hydrogen-bond donors (Lipinski definition) is 2. The lowest BCUT2D eigenvalue weighted by Gasteiger charge is -2.17. The molecule has 0 bridgehead atoms. The molecule has 4 rings (SSSR count). The number of anilines is 1. The fourth-order valence-corrected chi connectivity index (χ4v) is 3.52. The van der Waals surface area contributed by atoms with E-state index in [1.807, 2.05) is 24.4 Å². The molecule has 0 saturated carbocycles. The third-order valence-corrected chi connectivity index (χ3v) is 5.07. The number of fused-ring (bicyclic) bond motifs is 1. The van der Waals surface area contributed by atoms with Gasteiger partial charge in [0.1, 0.15) is 5.82 Å². The molecule has 0 amide bonds. The van der Waals surface area contributed by atoms with Crippen LogP contribution in [-0.4, -0.2) is 44.4 Å². The first-order valence-corrected chi connectivity index (χ1v) is 9.85. The summed E-state index contributed by atoms with van der Waals surface area (Å²) in [7, 11) is 1.79. The van der Waals surface area contributed by atoms with E-state index in [0.29, 0.717) is 13.3 Å². The van der Waals surface area contributed by atoms with Gasteiger partial charge in [-0.2, -0.15) is 0 Å². The van der Waals surface area contributed by atoms with E-state index >= 15 is 0 Å². The van der Waals surface area contributed by atoms with Crippen LogP contribution in [0, 0.1) is 0 Å². The zero-order chi connectivity index (χ0) is 19.2. The molecule has 148 valence electrons. The number of nitrogens with zero attached hydrogens (tertiary/aromatic N) is 3. The summed E-state index contributed by atoms with van der Waals surface area (Å²) in [6.07, 6.45) is 5.28. The Morgan fingerprint density at radius 2 is 1.93 bits per heavy atom. The first-order valence-electron chi connectivity index (χ1n) is 9.85. The summed E-state index contributed by atoms with van der Waals surface area (Å²) in [5.74, 6) is 3.51. The minimum atomic E-state index is 0.308. The topological polar surface area (TPSA) is 71.0 Å². The first-order chi connectivity index (χ1) is 13.8. The Kier molecular flexibility index (Phi) is 5.80. The molecule has 0 spiro atoms. The molecular formula is C21H27N5O2. The third kappa shape index (κ3) is 4.47. The second-order valence-corrected chi connectivity index (χ2v) is 7.01. The highest BCUT2D eigenvalue weighted by atomic mass is 16.7. The molecule has 1 saturated heterocycles. The normalized spacial score (nSPS) is 15.8. The van der Waals surface area contributed by atoms with Crippen LogP contribution in [0.3, 0.4) is 0 Å². The SMILES string of the molecule is CN=C(NCCc1ccc2c(c1)OCO2)NCc1ccnc(N2CCCC2)c1. The van der Waals surface area contributed by atoms with Crippen molar-refractivity contribution in [2.75, 3.05) is 38.4 Å². The quantitative estimate of drug-likeness (QED) is 0.591. The molecule has 28 heavy (non-hydrogen) atoms. The molecular weight excluding hydrogens is 354 g/mol. The Balaban J connectivity index is 1.25. The van der Waals surface area contributed by atoms with Gasteiger partial charge >= 0.3 is 0 Å². The van der Waals surface area contributed by atoms with E-state index in [9.17, 15) is 0 Å². The summed E-state index contributed by atoms with van der Waals surface area (Å²) in [5.41, 5.74) is 2.41. The zero-order valence-corrected chi connectivity index (χ0v) is 16.3. The fraction of sp³-hybridized carbons (Fsp3) is 0.429. The van der Waals surface area contributed by atoms with E-state index in [2.05, 4.69) is 37.6 Å². The molecule has 1 aromatic heterocycles. The number of benzene rings is 1. The van der Waals surface area contributed by atoms with E-state index in [4.69, 9.17) is 9.47 Å². The van der Waals surface area contributed by atoms with Crippen LogP contribution in [-0.2, 0) is 13.0 Å². The molecule has 2 aliphatic heterocycles. The summed E-state index contributed by atoms with van der Waals surface area (Å²) in [5, 5.41) is 6.75. The predicted molar refractivity (Wildman–Crippen MR) is 110 cm³/mol. The first kappa shape index (κ1) is 18.4. The smallest absolute Gasteiger partial charge is 0.231 e. The minimum absolute atomic E-state index is 0.308. The van der Waals surface area contributed by atoms with Gasteiger partial charge in [-0.05, 0) is 54.7 Å². The molecule has 1 aromatic carbocycles. The summed E-state index contributed by atoms with van der Waals surface area (Å²) >= 11 is 0. The van der Waals surface area contributed by atoms with Gasteiger partial charge in [0.25, 0.3) is 0 Å². The number of hydrogen-bond acceptors (Lipinski definition) is 5. The highest BCUT2D eigenvalue weighted by Crippen LogP contribution is 2.32. The van der Waals surface area contributed by atoms with Gasteiger partial charge in [-0.3, -0.25) is 4.99 Å². The second-order valence-electron chi connectivity index (χ2n) is 7.01. The largest absolute Gasteiger partial charge is 0.454 e. The monoisotopic (exact) mass is 381 g/mol. The van der Waals surface area contributed by atoms with Crippen molar-refractivity contribution in [1.29, 1.82) is 0 Å². The molecule has 2 aromatic rings. The van der Waals surface area contributed by atoms with Crippen molar-refractivity contribution in [3.63, 3.8) is 0 Å². The number of rotatable bonds is 6. The van der Waals surface area contributed by atoms with Crippen LogP contribution in [0.15, 0.2) is 41.5 Å². The van der Waals surface area contributed by atoms with E-state index in [0.717, 1.165) is 49.3 Å². The van der Waals surface area contributed by atoms with Crippen LogP contribution >= 0.6 is 0 Å². The lowest BCUT2D eigenvalue weighted by atomic mass is 10.1. The maximum absolute atomic E-state index is 5.43. The summed E-state index contributed by atoms with van der Waals surface area (Å²) < 4.78 is 10.8. The van der Waals surface area contributed by atoms with Gasteiger partial charge in [-0.25, -0.2) is 4.98 Å². The Morgan fingerprint density at radius 1 is 1.07 bits per heavy atom. The molecule has 7 nitrogen and oxygen atoms in total. The lowest BCUT2D eigenvalue weighted by Crippen LogP contribution is -2.37. The molecule has 2 N–H and O–H groups in total. The fourth-order valence-electron chi connectivity index (χ4n) is 3.52. The summed E-state index contributed by atoms with van der Waals surface area (Å²) in [6, 6.07) is 10.3. The summed E-state index contributed by atoms with van der Waals surface area (Å²) in [6.45, 7) is 4.02. The van der Waals surface area contributed by atoms with E-state index in [1.54, 1.807) is 7.05 Å². The van der Waals surface area contributed by atoms with Crippen molar-refractivity contribution in [2.24, 2.45) is 4.99 Å². The van der Waals surface area contributed by atoms with Crippen LogP contribution in [0.5, 0.6) is 11.5 Å².